The summed E-state index contributed by atoms with van der Waals surface area (Å²) in [6, 6.07) is 11.3. The molecule has 0 amide bonds. The van der Waals surface area contributed by atoms with Crippen LogP contribution in [0.1, 0.15) is 34.7 Å². The molecule has 0 heterocycles. The molecular formula is C24H28. The topological polar surface area (TPSA) is 0 Å². The van der Waals surface area contributed by atoms with Crippen molar-refractivity contribution < 1.29 is 0 Å². The van der Waals surface area contributed by atoms with E-state index in [-0.39, 0.29) is 0 Å². The van der Waals surface area contributed by atoms with E-state index >= 15 is 0 Å². The highest BCUT2D eigenvalue weighted by molar-refractivity contribution is 5.73. The third-order valence-corrected chi connectivity index (χ3v) is 4.78. The van der Waals surface area contributed by atoms with Crippen LogP contribution in [0.4, 0.5) is 0 Å². The molecule has 0 fully saturated rings. The second-order valence-electron chi connectivity index (χ2n) is 6.71. The first kappa shape index (κ1) is 18.0. The zero-order chi connectivity index (χ0) is 17.9. The molecule has 0 unspecified atom stereocenters. The second-order valence-corrected chi connectivity index (χ2v) is 6.71. The molecule has 0 nitrogen and oxygen atoms in total. The maximum absolute atomic E-state index is 3.98. The highest BCUT2D eigenvalue weighted by atomic mass is 14.2. The Morgan fingerprint density at radius 1 is 0.875 bits per heavy atom. The lowest BCUT2D eigenvalue weighted by atomic mass is 9.88. The van der Waals surface area contributed by atoms with Crippen LogP contribution >= 0.6 is 0 Å². The summed E-state index contributed by atoms with van der Waals surface area (Å²) in [6.45, 7) is 18.7. The summed E-state index contributed by atoms with van der Waals surface area (Å²) in [6.07, 6.45) is 4.76. The van der Waals surface area contributed by atoms with Gasteiger partial charge in [-0.1, -0.05) is 66.8 Å². The van der Waals surface area contributed by atoms with E-state index in [9.17, 15) is 0 Å². The summed E-state index contributed by atoms with van der Waals surface area (Å²) in [7, 11) is 0. The molecule has 2 aromatic rings. The van der Waals surface area contributed by atoms with Gasteiger partial charge in [0.05, 0.1) is 0 Å². The predicted molar refractivity (Wildman–Crippen MR) is 108 cm³/mol. The summed E-state index contributed by atoms with van der Waals surface area (Å²) in [5.74, 6) is 0. The molecule has 0 saturated carbocycles. The van der Waals surface area contributed by atoms with Gasteiger partial charge in [0.15, 0.2) is 0 Å². The Kier molecular flexibility index (Phi) is 5.62. The molecule has 0 atom stereocenters. The van der Waals surface area contributed by atoms with Crippen LogP contribution in [-0.2, 0) is 6.42 Å². The Hall–Kier alpha value is -2.34. The average Bonchev–Trinajstić information content (AvgIpc) is 2.56. The highest BCUT2D eigenvalue weighted by Crippen LogP contribution is 2.32. The summed E-state index contributed by atoms with van der Waals surface area (Å²) in [5.41, 5.74) is 11.7. The zero-order valence-corrected chi connectivity index (χ0v) is 15.7. The Morgan fingerprint density at radius 2 is 1.54 bits per heavy atom. The third-order valence-electron chi connectivity index (χ3n) is 4.78. The van der Waals surface area contributed by atoms with Gasteiger partial charge in [0.25, 0.3) is 0 Å². The van der Waals surface area contributed by atoms with Crippen molar-refractivity contribution in [2.75, 3.05) is 0 Å². The number of allylic oxidation sites excluding steroid dienone is 4. The van der Waals surface area contributed by atoms with Gasteiger partial charge in [-0.2, -0.15) is 0 Å². The monoisotopic (exact) mass is 316 g/mol. The summed E-state index contributed by atoms with van der Waals surface area (Å²) >= 11 is 0. The van der Waals surface area contributed by atoms with Crippen LogP contribution < -0.4 is 0 Å². The summed E-state index contributed by atoms with van der Waals surface area (Å²) in [5, 5.41) is 0. The first-order chi connectivity index (χ1) is 11.4. The Morgan fingerprint density at radius 3 is 2.17 bits per heavy atom. The van der Waals surface area contributed by atoms with Crippen LogP contribution in [0.3, 0.4) is 0 Å². The maximum Gasteiger partial charge on any atom is -0.00204 e. The van der Waals surface area contributed by atoms with Crippen molar-refractivity contribution in [2.45, 2.75) is 41.0 Å². The number of rotatable bonds is 5. The molecule has 0 radical (unpaired) electrons. The van der Waals surface area contributed by atoms with E-state index in [0.29, 0.717) is 0 Å². The van der Waals surface area contributed by atoms with E-state index in [1.165, 1.54) is 50.1 Å². The third kappa shape index (κ3) is 3.76. The molecular weight excluding hydrogens is 288 g/mol. The fourth-order valence-electron chi connectivity index (χ4n) is 3.13. The molecule has 0 N–H and O–H groups in total. The zero-order valence-electron chi connectivity index (χ0n) is 15.7. The van der Waals surface area contributed by atoms with Gasteiger partial charge < -0.3 is 0 Å². The molecule has 0 aliphatic rings. The number of hydrogen-bond donors (Lipinski definition) is 0. The van der Waals surface area contributed by atoms with Crippen LogP contribution in [0.25, 0.3) is 11.1 Å². The molecule has 2 rings (SSSR count). The van der Waals surface area contributed by atoms with E-state index in [4.69, 9.17) is 0 Å². The second kappa shape index (κ2) is 7.49. The van der Waals surface area contributed by atoms with Gasteiger partial charge >= 0.3 is 0 Å². The van der Waals surface area contributed by atoms with Gasteiger partial charge in [0.1, 0.15) is 0 Å². The Bertz CT molecular complexity index is 816. The molecule has 0 bridgehead atoms. The van der Waals surface area contributed by atoms with Crippen LogP contribution in [-0.4, -0.2) is 0 Å². The van der Waals surface area contributed by atoms with Crippen LogP contribution in [0.15, 0.2) is 66.8 Å². The smallest absolute Gasteiger partial charge is 0.00204 e. The minimum atomic E-state index is 0.896. The normalized spacial score (nSPS) is 11.9. The first-order valence-corrected chi connectivity index (χ1v) is 8.49. The minimum Gasteiger partial charge on any atom is -0.0988 e. The van der Waals surface area contributed by atoms with Crippen molar-refractivity contribution in [1.29, 1.82) is 0 Å². The van der Waals surface area contributed by atoms with Crippen molar-refractivity contribution in [3.63, 3.8) is 0 Å². The van der Waals surface area contributed by atoms with Gasteiger partial charge in [-0.15, -0.1) is 0 Å². The molecule has 124 valence electrons. The van der Waals surface area contributed by atoms with Crippen molar-refractivity contribution in [3.05, 3.63) is 94.6 Å². The molecule has 0 spiro atoms. The number of benzene rings is 2. The largest absolute Gasteiger partial charge is 0.0988 e. The first-order valence-electron chi connectivity index (χ1n) is 8.49. The SMILES string of the molecule is C=C/C(C)=C(\C=C)Cc1cc(C)cc(-c2cc(C)ccc2C)c1C. The summed E-state index contributed by atoms with van der Waals surface area (Å²) < 4.78 is 0. The quantitative estimate of drug-likeness (QED) is 0.531. The highest BCUT2D eigenvalue weighted by Gasteiger charge is 2.11. The molecule has 0 saturated heterocycles. The lowest BCUT2D eigenvalue weighted by molar-refractivity contribution is 1.13. The van der Waals surface area contributed by atoms with E-state index in [2.05, 4.69) is 78.1 Å². The van der Waals surface area contributed by atoms with Gasteiger partial charge in [-0.05, 0) is 80.0 Å². The Labute approximate surface area is 147 Å². The minimum absolute atomic E-state index is 0.896. The van der Waals surface area contributed by atoms with Crippen molar-refractivity contribution in [1.82, 2.24) is 0 Å². The molecule has 24 heavy (non-hydrogen) atoms. The van der Waals surface area contributed by atoms with Crippen molar-refractivity contribution >= 4 is 0 Å². The van der Waals surface area contributed by atoms with Crippen LogP contribution in [0, 0.1) is 27.7 Å². The summed E-state index contributed by atoms with van der Waals surface area (Å²) in [4.78, 5) is 0. The fourth-order valence-corrected chi connectivity index (χ4v) is 3.13. The van der Waals surface area contributed by atoms with Crippen molar-refractivity contribution in [3.8, 4) is 11.1 Å². The van der Waals surface area contributed by atoms with E-state index in [1.54, 1.807) is 0 Å². The fraction of sp³-hybridized carbons (Fsp3) is 0.250. The molecule has 2 aromatic carbocycles. The molecule has 0 aromatic heterocycles. The Balaban J connectivity index is 2.62. The van der Waals surface area contributed by atoms with E-state index in [1.807, 2.05) is 12.2 Å². The van der Waals surface area contributed by atoms with E-state index < -0.39 is 0 Å². The van der Waals surface area contributed by atoms with Crippen LogP contribution in [0.5, 0.6) is 0 Å². The number of aryl methyl sites for hydroxylation is 3. The van der Waals surface area contributed by atoms with E-state index in [0.717, 1.165) is 6.42 Å². The van der Waals surface area contributed by atoms with Crippen LogP contribution in [0.2, 0.25) is 0 Å². The maximum atomic E-state index is 3.98. The predicted octanol–water partition coefficient (Wildman–Crippen LogP) is 6.82. The van der Waals surface area contributed by atoms with Gasteiger partial charge in [-0.3, -0.25) is 0 Å². The number of hydrogen-bond acceptors (Lipinski definition) is 0. The average molecular weight is 316 g/mol. The van der Waals surface area contributed by atoms with Gasteiger partial charge in [0, 0.05) is 0 Å². The molecule has 0 heteroatoms. The standard InChI is InChI=1S/C24H28/c1-8-18(5)21(9-2)15-22-12-17(4)14-24(20(22)7)23-13-16(3)10-11-19(23)6/h8-14H,1-2,15H2,3-7H3/b21-18+. The molecule has 0 aliphatic heterocycles. The van der Waals surface area contributed by atoms with Gasteiger partial charge in [-0.25, -0.2) is 0 Å². The lowest BCUT2D eigenvalue weighted by Gasteiger charge is -2.17. The molecule has 0 aliphatic carbocycles. The van der Waals surface area contributed by atoms with Gasteiger partial charge in [0.2, 0.25) is 0 Å². The van der Waals surface area contributed by atoms with Crippen molar-refractivity contribution in [2.24, 2.45) is 0 Å². The lowest BCUT2D eigenvalue weighted by Crippen LogP contribution is -1.98.